The minimum absolute atomic E-state index is 0.0697. The van der Waals surface area contributed by atoms with E-state index >= 15 is 0 Å². The van der Waals surface area contributed by atoms with Gasteiger partial charge >= 0.3 is 0 Å². The predicted octanol–water partition coefficient (Wildman–Crippen LogP) is 3.31. The fraction of sp³-hybridized carbons (Fsp3) is 0.286. The molecular formula is C14H15ClN2OS. The fourth-order valence-electron chi connectivity index (χ4n) is 1.73. The van der Waals surface area contributed by atoms with Crippen molar-refractivity contribution in [3.8, 4) is 0 Å². The van der Waals surface area contributed by atoms with Gasteiger partial charge in [0, 0.05) is 24.0 Å². The van der Waals surface area contributed by atoms with E-state index in [1.54, 1.807) is 23.3 Å². The summed E-state index contributed by atoms with van der Waals surface area (Å²) in [4.78, 5) is 18.1. The Bertz CT molecular complexity index is 565. The summed E-state index contributed by atoms with van der Waals surface area (Å²) in [6.45, 7) is 2.52. The van der Waals surface area contributed by atoms with Crippen molar-refractivity contribution >= 4 is 28.8 Å². The first kappa shape index (κ1) is 14.0. The monoisotopic (exact) mass is 294 g/mol. The van der Waals surface area contributed by atoms with E-state index in [9.17, 15) is 4.79 Å². The molecule has 2 aromatic rings. The summed E-state index contributed by atoms with van der Waals surface area (Å²) < 4.78 is 0. The first-order valence-electron chi connectivity index (χ1n) is 5.94. The van der Waals surface area contributed by atoms with Crippen LogP contribution in [0.3, 0.4) is 0 Å². The summed E-state index contributed by atoms with van der Waals surface area (Å²) in [6, 6.07) is 7.52. The van der Waals surface area contributed by atoms with Gasteiger partial charge in [-0.3, -0.25) is 4.79 Å². The Kier molecular flexibility index (Phi) is 4.56. The number of hydrogen-bond acceptors (Lipinski definition) is 3. The van der Waals surface area contributed by atoms with Crippen molar-refractivity contribution in [2.75, 3.05) is 7.05 Å². The third-order valence-electron chi connectivity index (χ3n) is 2.76. The standard InChI is InChI=1S/C14H15ClN2OS/c1-10-16-13(9-19-10)7-14(18)17(2)8-11-3-5-12(15)6-4-11/h3-6,9H,7-8H2,1-2H3. The summed E-state index contributed by atoms with van der Waals surface area (Å²) in [6.07, 6.45) is 0.356. The minimum atomic E-state index is 0.0697. The zero-order valence-corrected chi connectivity index (χ0v) is 12.5. The van der Waals surface area contributed by atoms with E-state index in [0.717, 1.165) is 16.3 Å². The maximum Gasteiger partial charge on any atom is 0.228 e. The highest BCUT2D eigenvalue weighted by molar-refractivity contribution is 7.09. The molecule has 3 nitrogen and oxygen atoms in total. The average Bonchev–Trinajstić information content (AvgIpc) is 2.77. The maximum absolute atomic E-state index is 12.1. The van der Waals surface area contributed by atoms with Crippen LogP contribution in [0.5, 0.6) is 0 Å². The lowest BCUT2D eigenvalue weighted by Crippen LogP contribution is -2.27. The second kappa shape index (κ2) is 6.17. The van der Waals surface area contributed by atoms with Crippen molar-refractivity contribution in [1.82, 2.24) is 9.88 Å². The molecule has 0 saturated heterocycles. The molecule has 0 aliphatic heterocycles. The Hall–Kier alpha value is -1.39. The van der Waals surface area contributed by atoms with Crippen LogP contribution in [-0.4, -0.2) is 22.8 Å². The number of halogens is 1. The van der Waals surface area contributed by atoms with Gasteiger partial charge in [-0.05, 0) is 24.6 Å². The lowest BCUT2D eigenvalue weighted by Gasteiger charge is -2.16. The molecule has 0 radical (unpaired) electrons. The zero-order valence-electron chi connectivity index (χ0n) is 10.9. The van der Waals surface area contributed by atoms with Crippen LogP contribution in [0.4, 0.5) is 0 Å². The molecular weight excluding hydrogens is 280 g/mol. The first-order chi connectivity index (χ1) is 9.04. The van der Waals surface area contributed by atoms with Crippen molar-refractivity contribution in [3.05, 3.63) is 50.9 Å². The molecule has 0 atom stereocenters. The third kappa shape index (κ3) is 4.04. The summed E-state index contributed by atoms with van der Waals surface area (Å²) in [5.41, 5.74) is 1.91. The number of thiazole rings is 1. The summed E-state index contributed by atoms with van der Waals surface area (Å²) in [5, 5.41) is 3.63. The van der Waals surface area contributed by atoms with Crippen LogP contribution in [-0.2, 0) is 17.8 Å². The van der Waals surface area contributed by atoms with Gasteiger partial charge in [0.2, 0.25) is 5.91 Å². The third-order valence-corrected chi connectivity index (χ3v) is 3.83. The van der Waals surface area contributed by atoms with E-state index in [1.807, 2.05) is 36.6 Å². The van der Waals surface area contributed by atoms with Gasteiger partial charge in [-0.25, -0.2) is 4.98 Å². The van der Waals surface area contributed by atoms with Crippen molar-refractivity contribution in [2.24, 2.45) is 0 Å². The first-order valence-corrected chi connectivity index (χ1v) is 7.20. The van der Waals surface area contributed by atoms with Crippen LogP contribution in [0.1, 0.15) is 16.3 Å². The lowest BCUT2D eigenvalue weighted by molar-refractivity contribution is -0.129. The summed E-state index contributed by atoms with van der Waals surface area (Å²) >= 11 is 7.40. The molecule has 0 N–H and O–H groups in total. The molecule has 0 aliphatic carbocycles. The van der Waals surface area contributed by atoms with Crippen molar-refractivity contribution in [3.63, 3.8) is 0 Å². The van der Waals surface area contributed by atoms with Gasteiger partial charge in [0.05, 0.1) is 17.1 Å². The number of carbonyl (C=O) groups is 1. The van der Waals surface area contributed by atoms with Gasteiger partial charge in [0.25, 0.3) is 0 Å². The number of aromatic nitrogens is 1. The highest BCUT2D eigenvalue weighted by Crippen LogP contribution is 2.13. The molecule has 2 rings (SSSR count). The molecule has 1 aromatic carbocycles. The van der Waals surface area contributed by atoms with Gasteiger partial charge in [0.1, 0.15) is 0 Å². The highest BCUT2D eigenvalue weighted by Gasteiger charge is 2.11. The average molecular weight is 295 g/mol. The Morgan fingerprint density at radius 3 is 2.63 bits per heavy atom. The Balaban J connectivity index is 1.94. The molecule has 0 aliphatic rings. The number of nitrogens with zero attached hydrogens (tertiary/aromatic N) is 2. The summed E-state index contributed by atoms with van der Waals surface area (Å²) in [5.74, 6) is 0.0697. The molecule has 5 heteroatoms. The number of rotatable bonds is 4. The van der Waals surface area contributed by atoms with Crippen LogP contribution in [0.25, 0.3) is 0 Å². The van der Waals surface area contributed by atoms with Crippen molar-refractivity contribution in [1.29, 1.82) is 0 Å². The van der Waals surface area contributed by atoms with Gasteiger partial charge in [-0.1, -0.05) is 23.7 Å². The van der Waals surface area contributed by atoms with Crippen LogP contribution in [0.15, 0.2) is 29.6 Å². The van der Waals surface area contributed by atoms with E-state index in [-0.39, 0.29) is 5.91 Å². The van der Waals surface area contributed by atoms with Crippen molar-refractivity contribution < 1.29 is 4.79 Å². The molecule has 1 aromatic heterocycles. The molecule has 0 fully saturated rings. The second-order valence-electron chi connectivity index (χ2n) is 4.41. The largest absolute Gasteiger partial charge is 0.341 e. The smallest absolute Gasteiger partial charge is 0.228 e. The lowest BCUT2D eigenvalue weighted by atomic mass is 10.2. The van der Waals surface area contributed by atoms with E-state index < -0.39 is 0 Å². The molecule has 100 valence electrons. The SMILES string of the molecule is Cc1nc(CC(=O)N(C)Cc2ccc(Cl)cc2)cs1. The van der Waals surface area contributed by atoms with Crippen LogP contribution >= 0.6 is 22.9 Å². The number of amides is 1. The predicted molar refractivity (Wildman–Crippen MR) is 78.5 cm³/mol. The molecule has 1 amide bonds. The molecule has 0 bridgehead atoms. The summed E-state index contributed by atoms with van der Waals surface area (Å²) in [7, 11) is 1.80. The van der Waals surface area contributed by atoms with Crippen LogP contribution in [0, 0.1) is 6.92 Å². The highest BCUT2D eigenvalue weighted by atomic mass is 35.5. The van der Waals surface area contributed by atoms with Gasteiger partial charge in [0.15, 0.2) is 0 Å². The Morgan fingerprint density at radius 1 is 1.37 bits per heavy atom. The molecule has 0 spiro atoms. The van der Waals surface area contributed by atoms with E-state index in [4.69, 9.17) is 11.6 Å². The zero-order chi connectivity index (χ0) is 13.8. The molecule has 0 unspecified atom stereocenters. The molecule has 19 heavy (non-hydrogen) atoms. The van der Waals surface area contributed by atoms with E-state index in [2.05, 4.69) is 4.98 Å². The Labute approximate surface area is 121 Å². The number of carbonyl (C=O) groups excluding carboxylic acids is 1. The quantitative estimate of drug-likeness (QED) is 0.867. The number of likely N-dealkylation sites (N-methyl/N-ethyl adjacent to an activating group) is 1. The number of aryl methyl sites for hydroxylation is 1. The Morgan fingerprint density at radius 2 is 2.05 bits per heavy atom. The van der Waals surface area contributed by atoms with Gasteiger partial charge in [-0.2, -0.15) is 0 Å². The topological polar surface area (TPSA) is 33.2 Å². The van der Waals surface area contributed by atoms with Crippen molar-refractivity contribution in [2.45, 2.75) is 19.9 Å². The molecule has 1 heterocycles. The van der Waals surface area contributed by atoms with E-state index in [1.165, 1.54) is 0 Å². The van der Waals surface area contributed by atoms with Crippen LogP contribution < -0.4 is 0 Å². The number of benzene rings is 1. The minimum Gasteiger partial charge on any atom is -0.341 e. The normalized spacial score (nSPS) is 10.5. The molecule has 0 saturated carbocycles. The fourth-order valence-corrected chi connectivity index (χ4v) is 2.47. The second-order valence-corrected chi connectivity index (χ2v) is 5.91. The number of hydrogen-bond donors (Lipinski definition) is 0. The maximum atomic E-state index is 12.1. The van der Waals surface area contributed by atoms with Gasteiger partial charge in [-0.15, -0.1) is 11.3 Å². The van der Waals surface area contributed by atoms with Gasteiger partial charge < -0.3 is 4.90 Å². The van der Waals surface area contributed by atoms with E-state index in [0.29, 0.717) is 18.0 Å². The van der Waals surface area contributed by atoms with Crippen LogP contribution in [0.2, 0.25) is 5.02 Å².